The van der Waals surface area contributed by atoms with Gasteiger partial charge in [-0.25, -0.2) is 5.43 Å². The van der Waals surface area contributed by atoms with Crippen LogP contribution in [0.4, 0.5) is 0 Å². The Morgan fingerprint density at radius 2 is 1.80 bits per heavy atom. The quantitative estimate of drug-likeness (QED) is 0.514. The summed E-state index contributed by atoms with van der Waals surface area (Å²) in [5.74, 6) is 5.39. The molecule has 20 heavy (non-hydrogen) atoms. The molecule has 0 heterocycles. The molecule has 4 heteroatoms. The first-order valence-corrected chi connectivity index (χ1v) is 6.69. The number of hydrazone groups is 1. The largest absolute Gasteiger partial charge is 0.271 e. The maximum atomic E-state index is 11.7. The van der Waals surface area contributed by atoms with Gasteiger partial charge in [0.25, 0.3) is 5.91 Å². The standard InChI is InChI=1S/C16H11BrN2O/c17-15-10-8-14(9-11-15)16(20)19-18-12-4-7-13-5-2-1-3-6-13/h1-3,5-6,8-12H,(H,19,20). The molecule has 0 aliphatic heterocycles. The number of amides is 1. The molecule has 0 unspecified atom stereocenters. The minimum absolute atomic E-state index is 0.268. The highest BCUT2D eigenvalue weighted by Gasteiger charge is 2.02. The summed E-state index contributed by atoms with van der Waals surface area (Å²) in [6, 6.07) is 16.6. The molecule has 0 saturated carbocycles. The van der Waals surface area contributed by atoms with Gasteiger partial charge in [-0.15, -0.1) is 0 Å². The minimum atomic E-state index is -0.268. The number of carbonyl (C=O) groups is 1. The predicted molar refractivity (Wildman–Crippen MR) is 83.4 cm³/mol. The fourth-order valence-electron chi connectivity index (χ4n) is 1.43. The van der Waals surface area contributed by atoms with E-state index in [2.05, 4.69) is 38.3 Å². The van der Waals surface area contributed by atoms with Crippen LogP contribution in [0.25, 0.3) is 0 Å². The van der Waals surface area contributed by atoms with E-state index >= 15 is 0 Å². The summed E-state index contributed by atoms with van der Waals surface area (Å²) >= 11 is 3.31. The Hall–Kier alpha value is -2.38. The topological polar surface area (TPSA) is 41.5 Å². The summed E-state index contributed by atoms with van der Waals surface area (Å²) in [6.45, 7) is 0. The second-order valence-electron chi connectivity index (χ2n) is 3.84. The first-order chi connectivity index (χ1) is 9.75. The zero-order valence-electron chi connectivity index (χ0n) is 10.5. The molecule has 3 nitrogen and oxygen atoms in total. The number of nitrogens with one attached hydrogen (secondary N) is 1. The first-order valence-electron chi connectivity index (χ1n) is 5.90. The number of rotatable bonds is 2. The summed E-state index contributed by atoms with van der Waals surface area (Å²) in [5, 5.41) is 3.78. The van der Waals surface area contributed by atoms with Crippen molar-refractivity contribution in [2.75, 3.05) is 0 Å². The normalized spacial score (nSPS) is 9.85. The van der Waals surface area contributed by atoms with Gasteiger partial charge in [0.2, 0.25) is 0 Å². The fourth-order valence-corrected chi connectivity index (χ4v) is 1.69. The van der Waals surface area contributed by atoms with Gasteiger partial charge in [0, 0.05) is 15.6 Å². The molecule has 0 saturated heterocycles. The van der Waals surface area contributed by atoms with Crippen LogP contribution in [0.3, 0.4) is 0 Å². The minimum Gasteiger partial charge on any atom is -0.267 e. The van der Waals surface area contributed by atoms with E-state index in [1.54, 1.807) is 24.3 Å². The van der Waals surface area contributed by atoms with Gasteiger partial charge < -0.3 is 0 Å². The van der Waals surface area contributed by atoms with Gasteiger partial charge in [-0.05, 0) is 42.3 Å². The van der Waals surface area contributed by atoms with Gasteiger partial charge >= 0.3 is 0 Å². The third-order valence-electron chi connectivity index (χ3n) is 2.39. The van der Waals surface area contributed by atoms with Crippen LogP contribution in [-0.4, -0.2) is 12.1 Å². The molecule has 0 atom stereocenters. The summed E-state index contributed by atoms with van der Waals surface area (Å²) in [5.41, 5.74) is 3.86. The van der Waals surface area contributed by atoms with Crippen molar-refractivity contribution in [2.45, 2.75) is 0 Å². The average molecular weight is 327 g/mol. The molecule has 0 bridgehead atoms. The van der Waals surface area contributed by atoms with Crippen molar-refractivity contribution < 1.29 is 4.79 Å². The molecule has 0 aromatic heterocycles. The van der Waals surface area contributed by atoms with Crippen molar-refractivity contribution in [3.8, 4) is 11.8 Å². The Kier molecular flexibility index (Phi) is 5.10. The lowest BCUT2D eigenvalue weighted by atomic mass is 10.2. The highest BCUT2D eigenvalue weighted by atomic mass is 79.9. The van der Waals surface area contributed by atoms with Crippen LogP contribution in [0.1, 0.15) is 15.9 Å². The zero-order valence-corrected chi connectivity index (χ0v) is 12.1. The van der Waals surface area contributed by atoms with E-state index in [0.29, 0.717) is 5.56 Å². The molecule has 2 aromatic rings. The summed E-state index contributed by atoms with van der Waals surface area (Å²) in [4.78, 5) is 11.7. The number of benzene rings is 2. The Morgan fingerprint density at radius 3 is 2.50 bits per heavy atom. The monoisotopic (exact) mass is 326 g/mol. The number of halogens is 1. The maximum Gasteiger partial charge on any atom is 0.271 e. The molecule has 1 amide bonds. The van der Waals surface area contributed by atoms with Crippen molar-refractivity contribution >= 4 is 28.1 Å². The highest BCUT2D eigenvalue weighted by Crippen LogP contribution is 2.10. The van der Waals surface area contributed by atoms with Crippen LogP contribution in [0, 0.1) is 11.8 Å². The lowest BCUT2D eigenvalue weighted by Gasteiger charge is -1.98. The fraction of sp³-hybridized carbons (Fsp3) is 0. The summed E-state index contributed by atoms with van der Waals surface area (Å²) in [7, 11) is 0. The highest BCUT2D eigenvalue weighted by molar-refractivity contribution is 9.10. The number of carbonyl (C=O) groups excluding carboxylic acids is 1. The van der Waals surface area contributed by atoms with E-state index in [1.165, 1.54) is 6.21 Å². The molecule has 2 rings (SSSR count). The molecule has 0 spiro atoms. The molecule has 0 aliphatic rings. The van der Waals surface area contributed by atoms with E-state index in [0.717, 1.165) is 10.0 Å². The Labute approximate surface area is 125 Å². The van der Waals surface area contributed by atoms with Gasteiger partial charge in [-0.3, -0.25) is 4.79 Å². The molecule has 0 fully saturated rings. The molecular formula is C16H11BrN2O. The lowest BCUT2D eigenvalue weighted by molar-refractivity contribution is 0.0955. The van der Waals surface area contributed by atoms with Crippen LogP contribution in [0.5, 0.6) is 0 Å². The molecule has 0 radical (unpaired) electrons. The number of nitrogens with zero attached hydrogens (tertiary/aromatic N) is 1. The van der Waals surface area contributed by atoms with Gasteiger partial charge in [-0.1, -0.05) is 40.0 Å². The second-order valence-corrected chi connectivity index (χ2v) is 4.76. The van der Waals surface area contributed by atoms with E-state index in [1.807, 2.05) is 30.3 Å². The lowest BCUT2D eigenvalue weighted by Crippen LogP contribution is -2.17. The zero-order chi connectivity index (χ0) is 14.2. The van der Waals surface area contributed by atoms with Gasteiger partial charge in [0.05, 0.1) is 6.21 Å². The Balaban J connectivity index is 1.89. The molecule has 98 valence electrons. The van der Waals surface area contributed by atoms with Crippen LogP contribution in [0.15, 0.2) is 64.2 Å². The van der Waals surface area contributed by atoms with E-state index < -0.39 is 0 Å². The third-order valence-corrected chi connectivity index (χ3v) is 2.92. The van der Waals surface area contributed by atoms with Crippen molar-refractivity contribution in [1.29, 1.82) is 0 Å². The van der Waals surface area contributed by atoms with E-state index in [4.69, 9.17) is 0 Å². The smallest absolute Gasteiger partial charge is 0.267 e. The SMILES string of the molecule is O=C(NN=CC#Cc1ccccc1)c1ccc(Br)cc1. The van der Waals surface area contributed by atoms with E-state index in [9.17, 15) is 4.79 Å². The first kappa shape index (κ1) is 14.0. The number of hydrogen-bond donors (Lipinski definition) is 1. The predicted octanol–water partition coefficient (Wildman–Crippen LogP) is 3.22. The summed E-state index contributed by atoms with van der Waals surface area (Å²) in [6.07, 6.45) is 1.36. The third kappa shape index (κ3) is 4.38. The average Bonchev–Trinajstić information content (AvgIpc) is 2.48. The van der Waals surface area contributed by atoms with Crippen molar-refractivity contribution in [1.82, 2.24) is 5.43 Å². The van der Waals surface area contributed by atoms with Gasteiger partial charge in [-0.2, -0.15) is 5.10 Å². The van der Waals surface area contributed by atoms with Crippen molar-refractivity contribution in [3.63, 3.8) is 0 Å². The molecule has 0 aliphatic carbocycles. The molecule has 1 N–H and O–H groups in total. The van der Waals surface area contributed by atoms with Crippen LogP contribution < -0.4 is 5.43 Å². The van der Waals surface area contributed by atoms with Gasteiger partial charge in [0.15, 0.2) is 0 Å². The van der Waals surface area contributed by atoms with Crippen molar-refractivity contribution in [3.05, 3.63) is 70.2 Å². The Morgan fingerprint density at radius 1 is 1.10 bits per heavy atom. The van der Waals surface area contributed by atoms with Crippen LogP contribution >= 0.6 is 15.9 Å². The Bertz CT molecular complexity index is 667. The maximum absolute atomic E-state index is 11.7. The van der Waals surface area contributed by atoms with Crippen molar-refractivity contribution in [2.24, 2.45) is 5.10 Å². The van der Waals surface area contributed by atoms with Gasteiger partial charge in [0.1, 0.15) is 0 Å². The molecular weight excluding hydrogens is 316 g/mol. The summed E-state index contributed by atoms with van der Waals surface area (Å²) < 4.78 is 0.922. The van der Waals surface area contributed by atoms with E-state index in [-0.39, 0.29) is 5.91 Å². The van der Waals surface area contributed by atoms with Crippen LogP contribution in [0.2, 0.25) is 0 Å². The van der Waals surface area contributed by atoms with Crippen LogP contribution in [-0.2, 0) is 0 Å². The second kappa shape index (κ2) is 7.27. The molecule has 2 aromatic carbocycles. The number of hydrogen-bond acceptors (Lipinski definition) is 2.